The first kappa shape index (κ1) is 20.5. The summed E-state index contributed by atoms with van der Waals surface area (Å²) in [5.41, 5.74) is 8.45. The average molecular weight is 394 g/mol. The van der Waals surface area contributed by atoms with E-state index in [0.29, 0.717) is 36.0 Å². The average Bonchev–Trinajstić information content (AvgIpc) is 2.68. The van der Waals surface area contributed by atoms with Crippen molar-refractivity contribution in [2.45, 2.75) is 19.9 Å². The fourth-order valence-corrected chi connectivity index (χ4v) is 2.85. The molecule has 0 fully saturated rings. The molecular weight excluding hydrogens is 368 g/mol. The van der Waals surface area contributed by atoms with E-state index in [9.17, 15) is 4.79 Å². The highest BCUT2D eigenvalue weighted by Gasteiger charge is 2.21. The number of ether oxygens (including phenoxy) is 1. The molecule has 152 valence electrons. The van der Waals surface area contributed by atoms with Crippen molar-refractivity contribution in [1.82, 2.24) is 24.6 Å². The van der Waals surface area contributed by atoms with Crippen molar-refractivity contribution < 1.29 is 4.74 Å². The van der Waals surface area contributed by atoms with E-state index in [1.165, 1.54) is 10.7 Å². The van der Waals surface area contributed by atoms with E-state index >= 15 is 0 Å². The minimum Gasteiger partial charge on any atom is -0.476 e. The van der Waals surface area contributed by atoms with Crippen LogP contribution >= 0.6 is 0 Å². The van der Waals surface area contributed by atoms with Gasteiger partial charge in [-0.15, -0.1) is 0 Å². The van der Waals surface area contributed by atoms with Crippen molar-refractivity contribution in [3.63, 3.8) is 0 Å². The molecule has 0 amide bonds. The third-order valence-electron chi connectivity index (χ3n) is 4.29. The number of rotatable bonds is 7. The van der Waals surface area contributed by atoms with E-state index in [1.807, 2.05) is 63.2 Å². The maximum atomic E-state index is 12.2. The van der Waals surface area contributed by atoms with Crippen LogP contribution in [-0.2, 0) is 0 Å². The zero-order valence-electron chi connectivity index (χ0n) is 17.2. The van der Waals surface area contributed by atoms with Crippen molar-refractivity contribution in [3.05, 3.63) is 52.8 Å². The summed E-state index contributed by atoms with van der Waals surface area (Å²) >= 11 is 0. The van der Waals surface area contributed by atoms with Crippen LogP contribution in [0.1, 0.15) is 19.9 Å². The van der Waals surface area contributed by atoms with Crippen molar-refractivity contribution in [1.29, 1.82) is 0 Å². The molecule has 0 spiro atoms. The number of benzene rings is 1. The number of likely N-dealkylation sites (N-methyl/N-ethyl adjacent to an activating group) is 1. The summed E-state index contributed by atoms with van der Waals surface area (Å²) in [6.07, 6.45) is 0. The van der Waals surface area contributed by atoms with Crippen LogP contribution in [0.3, 0.4) is 0 Å². The van der Waals surface area contributed by atoms with Gasteiger partial charge in [0.05, 0.1) is 23.0 Å². The minimum atomic E-state index is -0.170. The first-order valence-corrected chi connectivity index (χ1v) is 9.47. The summed E-state index contributed by atoms with van der Waals surface area (Å²) < 4.78 is 7.41. The molecule has 0 aliphatic rings. The summed E-state index contributed by atoms with van der Waals surface area (Å²) in [6, 6.07) is 12.7. The van der Waals surface area contributed by atoms with Gasteiger partial charge < -0.3 is 15.4 Å². The Kier molecular flexibility index (Phi) is 6.23. The molecule has 3 aromatic rings. The monoisotopic (exact) mass is 394 g/mol. The molecule has 0 unspecified atom stereocenters. The molecule has 0 atom stereocenters. The Hall–Kier alpha value is -3.26. The van der Waals surface area contributed by atoms with E-state index < -0.39 is 0 Å². The van der Waals surface area contributed by atoms with Gasteiger partial charge in [0.25, 0.3) is 5.56 Å². The van der Waals surface area contributed by atoms with Crippen LogP contribution in [0.4, 0.5) is 5.95 Å². The lowest BCUT2D eigenvalue weighted by atomic mass is 10.0. The molecule has 2 N–H and O–H groups in total. The van der Waals surface area contributed by atoms with Gasteiger partial charge in [-0.05, 0) is 34.0 Å². The quantitative estimate of drug-likeness (QED) is 0.657. The number of aromatic nitrogens is 4. The molecule has 8 nitrogen and oxygen atoms in total. The molecule has 0 aliphatic carbocycles. The molecule has 8 heteroatoms. The molecule has 0 saturated carbocycles. The van der Waals surface area contributed by atoms with Crippen LogP contribution < -0.4 is 16.0 Å². The van der Waals surface area contributed by atoms with Gasteiger partial charge in [0.1, 0.15) is 6.61 Å². The Labute approximate surface area is 170 Å². The molecule has 0 bridgehead atoms. The van der Waals surface area contributed by atoms with Crippen LogP contribution in [0.25, 0.3) is 22.5 Å². The summed E-state index contributed by atoms with van der Waals surface area (Å²) in [7, 11) is 3.93. The molecule has 0 radical (unpaired) electrons. The smallest absolute Gasteiger partial charge is 0.267 e. The van der Waals surface area contributed by atoms with E-state index in [-0.39, 0.29) is 17.5 Å². The van der Waals surface area contributed by atoms with Crippen LogP contribution in [0.15, 0.2) is 47.3 Å². The van der Waals surface area contributed by atoms with Crippen LogP contribution in [0, 0.1) is 0 Å². The highest BCUT2D eigenvalue weighted by atomic mass is 16.5. The first-order chi connectivity index (χ1) is 13.9. The third-order valence-corrected chi connectivity index (χ3v) is 4.29. The molecule has 0 saturated heterocycles. The Morgan fingerprint density at radius 3 is 2.48 bits per heavy atom. The number of nitrogens with two attached hydrogens (primary N) is 1. The Bertz CT molecular complexity index is 1030. The van der Waals surface area contributed by atoms with Gasteiger partial charge in [-0.2, -0.15) is 10.1 Å². The number of hydrogen-bond acceptors (Lipinski definition) is 7. The fourth-order valence-electron chi connectivity index (χ4n) is 2.85. The number of nitrogens with zero attached hydrogens (tertiary/aromatic N) is 5. The lowest BCUT2D eigenvalue weighted by molar-refractivity contribution is 0.255. The van der Waals surface area contributed by atoms with E-state index in [1.54, 1.807) is 6.07 Å². The highest BCUT2D eigenvalue weighted by molar-refractivity contribution is 5.83. The lowest BCUT2D eigenvalue weighted by Gasteiger charge is -2.17. The molecule has 3 rings (SSSR count). The van der Waals surface area contributed by atoms with Gasteiger partial charge >= 0.3 is 0 Å². The summed E-state index contributed by atoms with van der Waals surface area (Å²) in [5.74, 6) is 0.462. The maximum Gasteiger partial charge on any atom is 0.267 e. The van der Waals surface area contributed by atoms with Crippen molar-refractivity contribution in [2.75, 3.05) is 33.0 Å². The molecule has 2 aromatic heterocycles. The second-order valence-electron chi connectivity index (χ2n) is 7.22. The zero-order valence-corrected chi connectivity index (χ0v) is 17.2. The Morgan fingerprint density at radius 1 is 1.10 bits per heavy atom. The second kappa shape index (κ2) is 8.83. The predicted octanol–water partition coefficient (Wildman–Crippen LogP) is 2.47. The van der Waals surface area contributed by atoms with Gasteiger partial charge in [0, 0.05) is 18.2 Å². The zero-order chi connectivity index (χ0) is 21.0. The lowest BCUT2D eigenvalue weighted by Crippen LogP contribution is -2.24. The van der Waals surface area contributed by atoms with Crippen LogP contribution in [0.2, 0.25) is 0 Å². The first-order valence-electron chi connectivity index (χ1n) is 9.47. The Morgan fingerprint density at radius 2 is 1.83 bits per heavy atom. The van der Waals surface area contributed by atoms with Gasteiger partial charge in [-0.3, -0.25) is 4.79 Å². The Balaban J connectivity index is 2.21. The molecule has 29 heavy (non-hydrogen) atoms. The SMILES string of the molecule is CC(C)n1nc(-c2c(OCCN(C)C)nc(N)nc2-c2ccccc2)ccc1=O. The van der Waals surface area contributed by atoms with Crippen LogP contribution in [-0.4, -0.2) is 51.9 Å². The standard InChI is InChI=1S/C21H26N6O2/c1-14(2)27-17(28)11-10-16(25-27)18-19(15-8-6-5-7-9-15)23-21(22)24-20(18)29-13-12-26(3)4/h5-11,14H,12-13H2,1-4H3,(H2,22,23,24). The third kappa shape index (κ3) is 4.78. The summed E-state index contributed by atoms with van der Waals surface area (Å²) in [4.78, 5) is 23.0. The molecule has 2 heterocycles. The topological polar surface area (TPSA) is 99.2 Å². The van der Waals surface area contributed by atoms with Crippen molar-refractivity contribution in [2.24, 2.45) is 0 Å². The normalized spacial score (nSPS) is 11.2. The second-order valence-corrected chi connectivity index (χ2v) is 7.22. The van der Waals surface area contributed by atoms with E-state index in [4.69, 9.17) is 10.5 Å². The molecular formula is C21H26N6O2. The van der Waals surface area contributed by atoms with Crippen molar-refractivity contribution in [3.8, 4) is 28.4 Å². The van der Waals surface area contributed by atoms with Gasteiger partial charge in [0.2, 0.25) is 11.8 Å². The van der Waals surface area contributed by atoms with Crippen LogP contribution in [0.5, 0.6) is 5.88 Å². The minimum absolute atomic E-state index is 0.0876. The highest BCUT2D eigenvalue weighted by Crippen LogP contribution is 2.36. The van der Waals surface area contributed by atoms with E-state index in [0.717, 1.165) is 5.56 Å². The number of hydrogen-bond donors (Lipinski definition) is 1. The van der Waals surface area contributed by atoms with Gasteiger partial charge in [0.15, 0.2) is 0 Å². The largest absolute Gasteiger partial charge is 0.476 e. The molecule has 1 aromatic carbocycles. The maximum absolute atomic E-state index is 12.2. The number of anilines is 1. The summed E-state index contributed by atoms with van der Waals surface area (Å²) in [5, 5.41) is 4.55. The van der Waals surface area contributed by atoms with E-state index in [2.05, 4.69) is 15.1 Å². The predicted molar refractivity (Wildman–Crippen MR) is 114 cm³/mol. The fraction of sp³-hybridized carbons (Fsp3) is 0.333. The van der Waals surface area contributed by atoms with Gasteiger partial charge in [-0.25, -0.2) is 9.67 Å². The van der Waals surface area contributed by atoms with Gasteiger partial charge in [-0.1, -0.05) is 30.3 Å². The van der Waals surface area contributed by atoms with Crippen molar-refractivity contribution >= 4 is 5.95 Å². The summed E-state index contributed by atoms with van der Waals surface area (Å²) in [6.45, 7) is 4.95. The number of nitrogen functional groups attached to an aromatic ring is 1. The molecule has 0 aliphatic heterocycles.